The molecule has 0 aliphatic carbocycles. The highest BCUT2D eigenvalue weighted by Gasteiger charge is 2.30. The van der Waals surface area contributed by atoms with E-state index in [1.165, 1.54) is 0 Å². The summed E-state index contributed by atoms with van der Waals surface area (Å²) in [6.45, 7) is 4.44. The Morgan fingerprint density at radius 2 is 2.12 bits per heavy atom. The second-order valence-corrected chi connectivity index (χ2v) is 5.67. The largest absolute Gasteiger partial charge is 0.490 e. The first kappa shape index (κ1) is 12.9. The van der Waals surface area contributed by atoms with Crippen molar-refractivity contribution in [2.75, 3.05) is 0 Å². The second-order valence-electron chi connectivity index (χ2n) is 4.76. The summed E-state index contributed by atoms with van der Waals surface area (Å²) < 4.78 is 7.17. The highest BCUT2D eigenvalue weighted by atomic mass is 79.9. The maximum Gasteiger partial charge on any atom is 0.125 e. The van der Waals surface area contributed by atoms with Gasteiger partial charge >= 0.3 is 0 Å². The van der Waals surface area contributed by atoms with Crippen LogP contribution < -0.4 is 10.5 Å². The number of halogens is 1. The molecule has 0 saturated carbocycles. The second kappa shape index (κ2) is 5.40. The number of ether oxygens (including phenoxy) is 1. The standard InChI is InChI=1S/C14H20BrNO/c1-3-9(4-2)13-8-12(16)11-6-5-10(15)7-14(11)17-13/h5-7,9,12-13H,3-4,8,16H2,1-2H3/t12-,13?/m0/s1. The van der Waals surface area contributed by atoms with Crippen molar-refractivity contribution in [3.8, 4) is 5.75 Å². The topological polar surface area (TPSA) is 35.2 Å². The van der Waals surface area contributed by atoms with E-state index in [1.807, 2.05) is 12.1 Å². The summed E-state index contributed by atoms with van der Waals surface area (Å²) in [5.74, 6) is 1.56. The molecule has 0 bridgehead atoms. The summed E-state index contributed by atoms with van der Waals surface area (Å²) in [4.78, 5) is 0. The third-order valence-electron chi connectivity index (χ3n) is 3.71. The van der Waals surface area contributed by atoms with Gasteiger partial charge in [-0.15, -0.1) is 0 Å². The van der Waals surface area contributed by atoms with Gasteiger partial charge in [-0.2, -0.15) is 0 Å². The van der Waals surface area contributed by atoms with Crippen molar-refractivity contribution < 1.29 is 4.74 Å². The van der Waals surface area contributed by atoms with Crippen LogP contribution in [0.4, 0.5) is 0 Å². The molecule has 2 rings (SSSR count). The predicted molar refractivity (Wildman–Crippen MR) is 74.2 cm³/mol. The monoisotopic (exact) mass is 297 g/mol. The Morgan fingerprint density at radius 3 is 2.76 bits per heavy atom. The smallest absolute Gasteiger partial charge is 0.125 e. The molecule has 0 amide bonds. The van der Waals surface area contributed by atoms with Gasteiger partial charge in [0.25, 0.3) is 0 Å². The predicted octanol–water partition coefficient (Wildman–Crippen LogP) is 4.04. The summed E-state index contributed by atoms with van der Waals surface area (Å²) in [5, 5.41) is 0. The lowest BCUT2D eigenvalue weighted by Gasteiger charge is -2.34. The van der Waals surface area contributed by atoms with Crippen molar-refractivity contribution in [3.63, 3.8) is 0 Å². The number of hydrogen-bond acceptors (Lipinski definition) is 2. The van der Waals surface area contributed by atoms with Gasteiger partial charge in [0.05, 0.1) is 0 Å². The fraction of sp³-hybridized carbons (Fsp3) is 0.571. The van der Waals surface area contributed by atoms with E-state index in [0.29, 0.717) is 5.92 Å². The van der Waals surface area contributed by atoms with Crippen LogP contribution in [-0.4, -0.2) is 6.10 Å². The van der Waals surface area contributed by atoms with Crippen molar-refractivity contribution in [3.05, 3.63) is 28.2 Å². The number of benzene rings is 1. The quantitative estimate of drug-likeness (QED) is 0.914. The molecule has 1 aromatic rings. The van der Waals surface area contributed by atoms with Crippen LogP contribution in [0.3, 0.4) is 0 Å². The molecule has 94 valence electrons. The molecule has 1 unspecified atom stereocenters. The lowest BCUT2D eigenvalue weighted by molar-refractivity contribution is 0.0943. The van der Waals surface area contributed by atoms with Gasteiger partial charge in [-0.1, -0.05) is 35.8 Å². The van der Waals surface area contributed by atoms with E-state index in [2.05, 4.69) is 35.8 Å². The highest BCUT2D eigenvalue weighted by molar-refractivity contribution is 9.10. The van der Waals surface area contributed by atoms with Crippen molar-refractivity contribution in [1.82, 2.24) is 0 Å². The molecule has 0 fully saturated rings. The average molecular weight is 298 g/mol. The van der Waals surface area contributed by atoms with E-state index in [4.69, 9.17) is 10.5 Å². The van der Waals surface area contributed by atoms with Crippen LogP contribution in [0.1, 0.15) is 44.7 Å². The Bertz CT molecular complexity index is 390. The van der Waals surface area contributed by atoms with Crippen LogP contribution in [0.5, 0.6) is 5.75 Å². The summed E-state index contributed by atoms with van der Waals surface area (Å²) in [6.07, 6.45) is 3.50. The third-order valence-corrected chi connectivity index (χ3v) is 4.21. The Balaban J connectivity index is 2.25. The molecule has 3 heteroatoms. The maximum absolute atomic E-state index is 6.24. The zero-order valence-electron chi connectivity index (χ0n) is 10.4. The molecule has 1 aliphatic rings. The summed E-state index contributed by atoms with van der Waals surface area (Å²) in [7, 11) is 0. The molecular formula is C14H20BrNO. The minimum atomic E-state index is 0.109. The zero-order chi connectivity index (χ0) is 12.4. The SMILES string of the molecule is CCC(CC)C1C[C@H](N)c2ccc(Br)cc2O1. The van der Waals surface area contributed by atoms with Crippen LogP contribution in [-0.2, 0) is 0 Å². The van der Waals surface area contributed by atoms with Crippen LogP contribution in [0.2, 0.25) is 0 Å². The van der Waals surface area contributed by atoms with E-state index in [-0.39, 0.29) is 12.1 Å². The van der Waals surface area contributed by atoms with E-state index < -0.39 is 0 Å². The maximum atomic E-state index is 6.24. The molecule has 2 N–H and O–H groups in total. The van der Waals surface area contributed by atoms with Gasteiger partial charge in [0.15, 0.2) is 0 Å². The lowest BCUT2D eigenvalue weighted by Crippen LogP contribution is -2.34. The molecule has 0 aromatic heterocycles. The Morgan fingerprint density at radius 1 is 1.41 bits per heavy atom. The first-order valence-electron chi connectivity index (χ1n) is 6.37. The fourth-order valence-electron chi connectivity index (χ4n) is 2.61. The molecular weight excluding hydrogens is 278 g/mol. The van der Waals surface area contributed by atoms with Crippen LogP contribution >= 0.6 is 15.9 Å². The first-order chi connectivity index (χ1) is 8.15. The van der Waals surface area contributed by atoms with Gasteiger partial charge in [-0.25, -0.2) is 0 Å². The Labute approximate surface area is 112 Å². The van der Waals surface area contributed by atoms with Gasteiger partial charge < -0.3 is 10.5 Å². The van der Waals surface area contributed by atoms with E-state index in [0.717, 1.165) is 35.0 Å². The molecule has 0 saturated heterocycles. The van der Waals surface area contributed by atoms with Crippen LogP contribution in [0.15, 0.2) is 22.7 Å². The van der Waals surface area contributed by atoms with Gasteiger partial charge in [0.1, 0.15) is 11.9 Å². The summed E-state index contributed by atoms with van der Waals surface area (Å²) in [6, 6.07) is 6.23. The minimum absolute atomic E-state index is 0.109. The molecule has 2 atom stereocenters. The van der Waals surface area contributed by atoms with Crippen molar-refractivity contribution in [2.45, 2.75) is 45.3 Å². The van der Waals surface area contributed by atoms with Crippen molar-refractivity contribution >= 4 is 15.9 Å². The van der Waals surface area contributed by atoms with Crippen LogP contribution in [0, 0.1) is 5.92 Å². The summed E-state index contributed by atoms with van der Waals surface area (Å²) >= 11 is 3.48. The third kappa shape index (κ3) is 2.66. The molecule has 17 heavy (non-hydrogen) atoms. The molecule has 1 aromatic carbocycles. The normalized spacial score (nSPS) is 23.4. The molecule has 1 aliphatic heterocycles. The van der Waals surface area contributed by atoms with E-state index in [1.54, 1.807) is 0 Å². The van der Waals surface area contributed by atoms with Gasteiger partial charge in [-0.05, 0) is 30.9 Å². The number of fused-ring (bicyclic) bond motifs is 1. The van der Waals surface area contributed by atoms with Gasteiger partial charge in [0, 0.05) is 22.5 Å². The Hall–Kier alpha value is -0.540. The van der Waals surface area contributed by atoms with E-state index >= 15 is 0 Å². The Kier molecular flexibility index (Phi) is 4.10. The first-order valence-corrected chi connectivity index (χ1v) is 7.16. The highest BCUT2D eigenvalue weighted by Crippen LogP contribution is 2.38. The van der Waals surface area contributed by atoms with Crippen molar-refractivity contribution in [2.24, 2.45) is 11.7 Å². The molecule has 0 spiro atoms. The molecule has 2 nitrogen and oxygen atoms in total. The van der Waals surface area contributed by atoms with Gasteiger partial charge in [-0.3, -0.25) is 0 Å². The molecule has 1 heterocycles. The van der Waals surface area contributed by atoms with Crippen molar-refractivity contribution in [1.29, 1.82) is 0 Å². The summed E-state index contributed by atoms with van der Waals surface area (Å²) in [5.41, 5.74) is 7.37. The zero-order valence-corrected chi connectivity index (χ0v) is 12.0. The van der Waals surface area contributed by atoms with Gasteiger partial charge in [0.2, 0.25) is 0 Å². The number of nitrogens with two attached hydrogens (primary N) is 1. The number of hydrogen-bond donors (Lipinski definition) is 1. The fourth-order valence-corrected chi connectivity index (χ4v) is 2.95. The lowest BCUT2D eigenvalue weighted by atomic mass is 9.87. The minimum Gasteiger partial charge on any atom is -0.490 e. The van der Waals surface area contributed by atoms with Crippen LogP contribution in [0.25, 0.3) is 0 Å². The molecule has 0 radical (unpaired) electrons. The number of rotatable bonds is 3. The average Bonchev–Trinajstić information content (AvgIpc) is 2.30. The van der Waals surface area contributed by atoms with E-state index in [9.17, 15) is 0 Å².